The molecule has 124 valence electrons. The van der Waals surface area contributed by atoms with Gasteiger partial charge in [-0.05, 0) is 6.42 Å². The van der Waals surface area contributed by atoms with Crippen LogP contribution in [0.3, 0.4) is 0 Å². The van der Waals surface area contributed by atoms with E-state index >= 15 is 0 Å². The van der Waals surface area contributed by atoms with E-state index in [0.717, 1.165) is 32.8 Å². The monoisotopic (exact) mass is 324 g/mol. The number of carbonyl (C=O) groups excluding carboxylic acids is 2. The number of carbonyl (C=O) groups is 2. The molecule has 1 N–H and O–H groups in total. The Labute approximate surface area is 125 Å². The van der Waals surface area contributed by atoms with Crippen LogP contribution < -0.4 is 0 Å². The summed E-state index contributed by atoms with van der Waals surface area (Å²) in [7, 11) is -3.72. The van der Waals surface area contributed by atoms with E-state index < -0.39 is 33.7 Å². The average molecular weight is 324 g/mol. The van der Waals surface area contributed by atoms with Crippen molar-refractivity contribution >= 4 is 22.1 Å². The third-order valence-corrected chi connectivity index (χ3v) is 4.01. The van der Waals surface area contributed by atoms with Crippen LogP contribution in [-0.2, 0) is 29.2 Å². The minimum absolute atomic E-state index is 0.171. The summed E-state index contributed by atoms with van der Waals surface area (Å²) in [4.78, 5) is 22.7. The summed E-state index contributed by atoms with van der Waals surface area (Å²) in [5.41, 5.74) is 0. The predicted molar refractivity (Wildman–Crippen MR) is 76.3 cm³/mol. The van der Waals surface area contributed by atoms with E-state index in [2.05, 4.69) is 11.7 Å². The van der Waals surface area contributed by atoms with E-state index in [1.807, 2.05) is 0 Å². The Hall–Kier alpha value is -1.15. The fourth-order valence-electron chi connectivity index (χ4n) is 1.72. The van der Waals surface area contributed by atoms with Crippen LogP contribution in [0.2, 0.25) is 0 Å². The molecular weight excluding hydrogens is 300 g/mol. The quantitative estimate of drug-likeness (QED) is 0.350. The van der Waals surface area contributed by atoms with Gasteiger partial charge >= 0.3 is 11.9 Å². The molecule has 0 aromatic rings. The molecule has 0 spiro atoms. The second kappa shape index (κ2) is 10.6. The van der Waals surface area contributed by atoms with Gasteiger partial charge in [-0.25, -0.2) is 0 Å². The molecule has 0 bridgehead atoms. The van der Waals surface area contributed by atoms with Gasteiger partial charge in [-0.15, -0.1) is 0 Å². The Morgan fingerprint density at radius 3 is 2.19 bits per heavy atom. The van der Waals surface area contributed by atoms with Crippen molar-refractivity contribution in [1.82, 2.24) is 0 Å². The number of methoxy groups -OCH3 is 1. The van der Waals surface area contributed by atoms with Gasteiger partial charge in [0, 0.05) is 0 Å². The molecule has 0 aliphatic rings. The molecule has 21 heavy (non-hydrogen) atoms. The van der Waals surface area contributed by atoms with Crippen molar-refractivity contribution in [3.05, 3.63) is 0 Å². The summed E-state index contributed by atoms with van der Waals surface area (Å²) in [6.45, 7) is 2.29. The Bertz CT molecular complexity index is 416. The fraction of sp³-hybridized carbons (Fsp3) is 0.846. The van der Waals surface area contributed by atoms with Crippen LogP contribution in [0.5, 0.6) is 0 Å². The summed E-state index contributed by atoms with van der Waals surface area (Å²) in [5.74, 6) is -2.04. The minimum atomic E-state index is -4.69. The number of hydrogen-bond donors (Lipinski definition) is 1. The number of unbranched alkanes of at least 4 members (excludes halogenated alkanes) is 5. The zero-order valence-electron chi connectivity index (χ0n) is 12.5. The van der Waals surface area contributed by atoms with Crippen LogP contribution in [0, 0.1) is 0 Å². The van der Waals surface area contributed by atoms with Crippen molar-refractivity contribution in [2.24, 2.45) is 0 Å². The van der Waals surface area contributed by atoms with Crippen molar-refractivity contribution in [1.29, 1.82) is 0 Å². The molecule has 8 heteroatoms. The first-order chi connectivity index (χ1) is 9.82. The first-order valence-corrected chi connectivity index (χ1v) is 8.53. The third-order valence-electron chi connectivity index (χ3n) is 2.94. The first-order valence-electron chi connectivity index (χ1n) is 7.02. The Morgan fingerprint density at radius 2 is 1.67 bits per heavy atom. The molecule has 0 amide bonds. The second-order valence-electron chi connectivity index (χ2n) is 4.72. The number of ether oxygens (including phenoxy) is 2. The molecule has 0 rings (SSSR count). The zero-order chi connectivity index (χ0) is 16.3. The lowest BCUT2D eigenvalue weighted by molar-refractivity contribution is -0.148. The standard InChI is InChI=1S/C13H24O7S/c1-3-4-5-6-7-8-9-20-12(14)10-11(13(15)19-2)21(16,17)18/h11H,3-10H2,1-2H3,(H,16,17,18). The SMILES string of the molecule is CCCCCCCCOC(=O)CC(C(=O)OC)S(=O)(=O)O. The molecule has 0 radical (unpaired) electrons. The maximum atomic E-state index is 11.5. The highest BCUT2D eigenvalue weighted by molar-refractivity contribution is 7.87. The lowest BCUT2D eigenvalue weighted by Crippen LogP contribution is -2.33. The summed E-state index contributed by atoms with van der Waals surface area (Å²) in [6, 6.07) is 0. The van der Waals surface area contributed by atoms with Gasteiger partial charge in [-0.1, -0.05) is 39.0 Å². The Balaban J connectivity index is 4.03. The second-order valence-corrected chi connectivity index (χ2v) is 6.32. The van der Waals surface area contributed by atoms with Gasteiger partial charge in [-0.2, -0.15) is 8.42 Å². The van der Waals surface area contributed by atoms with Crippen molar-refractivity contribution in [2.45, 2.75) is 57.1 Å². The molecule has 0 fully saturated rings. The molecule has 1 unspecified atom stereocenters. The highest BCUT2D eigenvalue weighted by Gasteiger charge is 2.34. The van der Waals surface area contributed by atoms with Crippen LogP contribution in [0.1, 0.15) is 51.9 Å². The van der Waals surface area contributed by atoms with Gasteiger partial charge in [0.25, 0.3) is 10.1 Å². The highest BCUT2D eigenvalue weighted by atomic mass is 32.2. The Morgan fingerprint density at radius 1 is 1.10 bits per heavy atom. The molecule has 0 saturated heterocycles. The van der Waals surface area contributed by atoms with E-state index in [0.29, 0.717) is 6.42 Å². The van der Waals surface area contributed by atoms with Crippen LogP contribution in [0.4, 0.5) is 0 Å². The molecule has 7 nitrogen and oxygen atoms in total. The van der Waals surface area contributed by atoms with Gasteiger partial charge in [0.15, 0.2) is 5.25 Å². The van der Waals surface area contributed by atoms with E-state index in [1.54, 1.807) is 0 Å². The van der Waals surface area contributed by atoms with Crippen molar-refractivity contribution < 1.29 is 32.0 Å². The lowest BCUT2D eigenvalue weighted by atomic mass is 10.1. The fourth-order valence-corrected chi connectivity index (χ4v) is 2.41. The summed E-state index contributed by atoms with van der Waals surface area (Å²) in [6.07, 6.45) is 5.38. The number of hydrogen-bond acceptors (Lipinski definition) is 6. The summed E-state index contributed by atoms with van der Waals surface area (Å²) >= 11 is 0. The van der Waals surface area contributed by atoms with E-state index in [1.165, 1.54) is 6.42 Å². The molecule has 0 aliphatic heterocycles. The number of rotatable bonds is 11. The summed E-state index contributed by atoms with van der Waals surface area (Å²) < 4.78 is 39.9. The topological polar surface area (TPSA) is 107 Å². The lowest BCUT2D eigenvalue weighted by Gasteiger charge is -2.11. The average Bonchev–Trinajstić information content (AvgIpc) is 2.41. The van der Waals surface area contributed by atoms with Gasteiger partial charge in [0.1, 0.15) is 0 Å². The molecule has 0 aromatic heterocycles. The zero-order valence-corrected chi connectivity index (χ0v) is 13.4. The highest BCUT2D eigenvalue weighted by Crippen LogP contribution is 2.09. The van der Waals surface area contributed by atoms with Crippen molar-refractivity contribution in [3.8, 4) is 0 Å². The van der Waals surface area contributed by atoms with Gasteiger partial charge in [0.05, 0.1) is 20.1 Å². The van der Waals surface area contributed by atoms with Crippen LogP contribution in [-0.4, -0.2) is 43.9 Å². The van der Waals surface area contributed by atoms with E-state index in [4.69, 9.17) is 9.29 Å². The van der Waals surface area contributed by atoms with Crippen LogP contribution >= 0.6 is 0 Å². The molecule has 1 atom stereocenters. The number of esters is 2. The molecular formula is C13H24O7S. The third kappa shape index (κ3) is 9.41. The van der Waals surface area contributed by atoms with Gasteiger partial charge in [0.2, 0.25) is 0 Å². The maximum absolute atomic E-state index is 11.5. The Kier molecular flexibility index (Phi) is 9.98. The smallest absolute Gasteiger partial charge is 0.327 e. The summed E-state index contributed by atoms with van der Waals surface area (Å²) in [5, 5.41) is -1.93. The molecule has 0 aliphatic carbocycles. The molecule has 0 aromatic carbocycles. The predicted octanol–water partition coefficient (Wildman–Crippen LogP) is 1.71. The van der Waals surface area contributed by atoms with Crippen molar-refractivity contribution in [2.75, 3.05) is 13.7 Å². The van der Waals surface area contributed by atoms with Crippen LogP contribution in [0.15, 0.2) is 0 Å². The largest absolute Gasteiger partial charge is 0.468 e. The van der Waals surface area contributed by atoms with Gasteiger partial charge < -0.3 is 9.47 Å². The molecule has 0 saturated carbocycles. The minimum Gasteiger partial charge on any atom is -0.468 e. The van der Waals surface area contributed by atoms with Crippen LogP contribution in [0.25, 0.3) is 0 Å². The maximum Gasteiger partial charge on any atom is 0.327 e. The van der Waals surface area contributed by atoms with E-state index in [-0.39, 0.29) is 6.61 Å². The first kappa shape index (κ1) is 19.9. The van der Waals surface area contributed by atoms with E-state index in [9.17, 15) is 18.0 Å². The normalized spacial score (nSPS) is 12.7. The van der Waals surface area contributed by atoms with Crippen molar-refractivity contribution in [3.63, 3.8) is 0 Å². The molecule has 0 heterocycles. The van der Waals surface area contributed by atoms with Gasteiger partial charge in [-0.3, -0.25) is 14.1 Å².